The molecule has 1 atom stereocenters. The zero-order chi connectivity index (χ0) is 33.1. The molecule has 1 fully saturated rings. The first-order chi connectivity index (χ1) is 22.7. The van der Waals surface area contributed by atoms with E-state index in [0.717, 1.165) is 28.0 Å². The van der Waals surface area contributed by atoms with E-state index in [0.29, 0.717) is 33.0 Å². The maximum Gasteiger partial charge on any atom is 0.301 e. The van der Waals surface area contributed by atoms with E-state index in [1.165, 1.54) is 40.9 Å². The number of non-ortho nitro benzene ring substituents is 1. The van der Waals surface area contributed by atoms with E-state index in [9.17, 15) is 24.8 Å². The molecule has 1 unspecified atom stereocenters. The minimum Gasteiger partial charge on any atom is -0.507 e. The number of benzene rings is 4. The number of hydrogen-bond donors (Lipinski definition) is 1. The lowest BCUT2D eigenvalue weighted by Gasteiger charge is -2.22. The molecule has 0 aliphatic carbocycles. The number of ether oxygens (including phenoxy) is 1. The van der Waals surface area contributed by atoms with Gasteiger partial charge >= 0.3 is 5.91 Å². The van der Waals surface area contributed by atoms with Crippen LogP contribution in [0.2, 0.25) is 5.02 Å². The van der Waals surface area contributed by atoms with Crippen molar-refractivity contribution in [2.45, 2.75) is 29.7 Å². The third-order valence-electron chi connectivity index (χ3n) is 7.39. The molecule has 2 heterocycles. The number of Topliss-reactive ketones (excluding diaryl/α,β-unsaturated/α-hetero) is 1. The van der Waals surface area contributed by atoms with E-state index in [1.54, 1.807) is 30.3 Å². The van der Waals surface area contributed by atoms with Crippen LogP contribution >= 0.6 is 34.7 Å². The zero-order valence-electron chi connectivity index (χ0n) is 24.7. The number of aryl methyl sites for hydroxylation is 1. The molecule has 4 aromatic carbocycles. The SMILES string of the molecule is Cc1cccc(COc2ccc(C(O)=C3C(=O)C(=O)N(c4nnc(SCc5ccccc5Cl)s4)C3c3ccc([N+](=O)[O-])cc3)cc2)c1. The summed E-state index contributed by atoms with van der Waals surface area (Å²) in [5.41, 5.74) is 3.32. The maximum atomic E-state index is 13.6. The summed E-state index contributed by atoms with van der Waals surface area (Å²) in [7, 11) is 0. The first kappa shape index (κ1) is 31.9. The predicted octanol–water partition coefficient (Wildman–Crippen LogP) is 7.91. The van der Waals surface area contributed by atoms with Crippen molar-refractivity contribution in [1.29, 1.82) is 0 Å². The van der Waals surface area contributed by atoms with Crippen molar-refractivity contribution in [2.75, 3.05) is 4.90 Å². The number of nitro groups is 1. The molecule has 1 N–H and O–H groups in total. The summed E-state index contributed by atoms with van der Waals surface area (Å²) in [6.07, 6.45) is 0. The van der Waals surface area contributed by atoms with Crippen LogP contribution in [0.3, 0.4) is 0 Å². The number of carbonyl (C=O) groups is 2. The molecule has 0 bridgehead atoms. The second-order valence-corrected chi connectivity index (χ2v) is 13.1. The Morgan fingerprint density at radius 2 is 1.77 bits per heavy atom. The molecule has 47 heavy (non-hydrogen) atoms. The van der Waals surface area contributed by atoms with Gasteiger partial charge < -0.3 is 9.84 Å². The van der Waals surface area contributed by atoms with Crippen molar-refractivity contribution in [3.63, 3.8) is 0 Å². The highest BCUT2D eigenvalue weighted by Crippen LogP contribution is 2.44. The number of carbonyl (C=O) groups excluding carboxylic acids is 2. The number of amides is 1. The summed E-state index contributed by atoms with van der Waals surface area (Å²) >= 11 is 8.76. The van der Waals surface area contributed by atoms with Crippen LogP contribution in [0, 0.1) is 17.0 Å². The topological polar surface area (TPSA) is 136 Å². The molecule has 5 aromatic rings. The fourth-order valence-electron chi connectivity index (χ4n) is 5.07. The van der Waals surface area contributed by atoms with Crippen LogP contribution < -0.4 is 9.64 Å². The van der Waals surface area contributed by atoms with Crippen molar-refractivity contribution in [3.05, 3.63) is 146 Å². The van der Waals surface area contributed by atoms with Gasteiger partial charge in [0.1, 0.15) is 18.1 Å². The Balaban J connectivity index is 1.32. The van der Waals surface area contributed by atoms with Gasteiger partial charge in [0, 0.05) is 28.5 Å². The van der Waals surface area contributed by atoms with Gasteiger partial charge in [-0.3, -0.25) is 24.6 Å². The number of hydrogen-bond acceptors (Lipinski definition) is 10. The number of nitrogens with zero attached hydrogens (tertiary/aromatic N) is 4. The van der Waals surface area contributed by atoms with E-state index in [2.05, 4.69) is 10.2 Å². The molecule has 10 nitrogen and oxygen atoms in total. The Morgan fingerprint density at radius 1 is 1.02 bits per heavy atom. The van der Waals surface area contributed by atoms with Crippen molar-refractivity contribution < 1.29 is 24.4 Å². The summed E-state index contributed by atoms with van der Waals surface area (Å²) in [6.45, 7) is 2.35. The molecule has 6 rings (SSSR count). The Bertz CT molecular complexity index is 2010. The largest absolute Gasteiger partial charge is 0.507 e. The van der Waals surface area contributed by atoms with E-state index >= 15 is 0 Å². The number of nitro benzene ring substituents is 1. The molecule has 0 saturated carbocycles. The number of aliphatic hydroxyl groups is 1. The standard InChI is InChI=1S/C34H25ClN4O6S2/c1-20-5-4-6-21(17-20)18-45-26-15-11-23(12-16-26)30(40)28-29(22-9-13-25(14-10-22)39(43)44)38(32(42)31(28)41)33-36-37-34(47-33)46-19-24-7-2-3-8-27(24)35/h2-17,29,40H,18-19H2,1H3. The summed E-state index contributed by atoms with van der Waals surface area (Å²) in [4.78, 5) is 39.1. The molecule has 1 aliphatic heterocycles. The molecule has 0 radical (unpaired) electrons. The summed E-state index contributed by atoms with van der Waals surface area (Å²) < 4.78 is 6.43. The zero-order valence-corrected chi connectivity index (χ0v) is 27.1. The van der Waals surface area contributed by atoms with E-state index < -0.39 is 28.4 Å². The maximum absolute atomic E-state index is 13.6. The average molecular weight is 685 g/mol. The smallest absolute Gasteiger partial charge is 0.301 e. The van der Waals surface area contributed by atoms with Crippen LogP contribution in [0.5, 0.6) is 5.75 Å². The number of rotatable bonds is 10. The molecular weight excluding hydrogens is 660 g/mol. The first-order valence-corrected chi connectivity index (χ1v) is 16.4. The van der Waals surface area contributed by atoms with Crippen molar-refractivity contribution in [2.24, 2.45) is 0 Å². The number of aromatic nitrogens is 2. The Kier molecular flexibility index (Phi) is 9.34. The number of anilines is 1. The van der Waals surface area contributed by atoms with Gasteiger partial charge in [-0.15, -0.1) is 10.2 Å². The number of thioether (sulfide) groups is 1. The van der Waals surface area contributed by atoms with Crippen LogP contribution in [0.4, 0.5) is 10.8 Å². The van der Waals surface area contributed by atoms with E-state index in [-0.39, 0.29) is 22.0 Å². The van der Waals surface area contributed by atoms with Crippen molar-refractivity contribution in [1.82, 2.24) is 10.2 Å². The molecule has 1 aliphatic rings. The van der Waals surface area contributed by atoms with Gasteiger partial charge in [-0.05, 0) is 66.1 Å². The Hall–Kier alpha value is -5.04. The first-order valence-electron chi connectivity index (χ1n) is 14.2. The lowest BCUT2D eigenvalue weighted by molar-refractivity contribution is -0.384. The van der Waals surface area contributed by atoms with E-state index in [1.807, 2.05) is 49.4 Å². The fourth-order valence-corrected chi connectivity index (χ4v) is 7.22. The molecule has 236 valence electrons. The fraction of sp³-hybridized carbons (Fsp3) is 0.118. The number of ketones is 1. The summed E-state index contributed by atoms with van der Waals surface area (Å²) in [6, 6.07) is 26.2. The lowest BCUT2D eigenvalue weighted by Crippen LogP contribution is -2.29. The van der Waals surface area contributed by atoms with Gasteiger partial charge in [0.25, 0.3) is 11.5 Å². The molecule has 1 aromatic heterocycles. The van der Waals surface area contributed by atoms with E-state index in [4.69, 9.17) is 16.3 Å². The predicted molar refractivity (Wildman–Crippen MR) is 181 cm³/mol. The van der Waals surface area contributed by atoms with Gasteiger partial charge in [-0.2, -0.15) is 0 Å². The van der Waals surface area contributed by atoms with Crippen LogP contribution in [-0.2, 0) is 21.9 Å². The molecular formula is C34H25ClN4O6S2. The quantitative estimate of drug-likeness (QED) is 0.0296. The monoisotopic (exact) mass is 684 g/mol. The highest BCUT2D eigenvalue weighted by atomic mass is 35.5. The third-order valence-corrected chi connectivity index (χ3v) is 9.86. The molecule has 1 saturated heterocycles. The third kappa shape index (κ3) is 6.89. The highest BCUT2D eigenvalue weighted by molar-refractivity contribution is 8.00. The van der Waals surface area contributed by atoms with Crippen molar-refractivity contribution >= 4 is 63.0 Å². The van der Waals surface area contributed by atoms with Gasteiger partial charge in [0.05, 0.1) is 16.5 Å². The van der Waals surface area contributed by atoms with Gasteiger partial charge in [-0.1, -0.05) is 82.7 Å². The molecule has 1 amide bonds. The van der Waals surface area contributed by atoms with Crippen LogP contribution in [0.15, 0.2) is 107 Å². The second-order valence-electron chi connectivity index (χ2n) is 10.6. The van der Waals surface area contributed by atoms with Crippen LogP contribution in [0.25, 0.3) is 5.76 Å². The van der Waals surface area contributed by atoms with Crippen molar-refractivity contribution in [3.8, 4) is 5.75 Å². The normalized spacial score (nSPS) is 15.6. The van der Waals surface area contributed by atoms with Gasteiger partial charge in [0.15, 0.2) is 4.34 Å². The molecule has 0 spiro atoms. The highest BCUT2D eigenvalue weighted by Gasteiger charge is 2.48. The minimum atomic E-state index is -1.12. The Morgan fingerprint density at radius 3 is 2.47 bits per heavy atom. The number of halogens is 1. The molecule has 13 heteroatoms. The lowest BCUT2D eigenvalue weighted by atomic mass is 9.95. The number of aliphatic hydroxyl groups excluding tert-OH is 1. The van der Waals surface area contributed by atoms with Crippen LogP contribution in [-0.4, -0.2) is 31.9 Å². The van der Waals surface area contributed by atoms with Gasteiger partial charge in [-0.25, -0.2) is 0 Å². The van der Waals surface area contributed by atoms with Crippen LogP contribution in [0.1, 0.15) is 33.9 Å². The summed E-state index contributed by atoms with van der Waals surface area (Å²) in [5.74, 6) is -1.19. The average Bonchev–Trinajstić information content (AvgIpc) is 3.65. The minimum absolute atomic E-state index is 0.135. The second kappa shape index (κ2) is 13.8. The van der Waals surface area contributed by atoms with Gasteiger partial charge in [0.2, 0.25) is 5.13 Å². The summed E-state index contributed by atoms with van der Waals surface area (Å²) in [5, 5.41) is 32.0. The Labute approximate surface area is 282 Å².